The SMILES string of the molecule is Cc1ccc(S(=O)(=O)NN=Cc2ccccc2-c2ccc(OC(F)F)cc2)cc1. The number of hydrogen-bond acceptors (Lipinski definition) is 4. The van der Waals surface area contributed by atoms with Gasteiger partial charge in [0.05, 0.1) is 11.1 Å². The van der Waals surface area contributed by atoms with E-state index in [1.54, 1.807) is 36.4 Å². The maximum atomic E-state index is 12.3. The lowest BCUT2D eigenvalue weighted by molar-refractivity contribution is -0.0498. The Morgan fingerprint density at radius 2 is 1.62 bits per heavy atom. The Morgan fingerprint density at radius 1 is 0.966 bits per heavy atom. The molecule has 3 aromatic carbocycles. The van der Waals surface area contributed by atoms with E-state index in [1.807, 2.05) is 19.1 Å². The number of halogens is 2. The van der Waals surface area contributed by atoms with Crippen LogP contribution in [0.2, 0.25) is 0 Å². The van der Waals surface area contributed by atoms with Crippen molar-refractivity contribution in [1.82, 2.24) is 4.83 Å². The molecule has 0 aliphatic heterocycles. The molecule has 0 amide bonds. The van der Waals surface area contributed by atoms with Gasteiger partial charge in [-0.2, -0.15) is 22.3 Å². The topological polar surface area (TPSA) is 67.8 Å². The van der Waals surface area contributed by atoms with Crippen molar-refractivity contribution in [3.8, 4) is 16.9 Å². The van der Waals surface area contributed by atoms with Crippen molar-refractivity contribution in [2.24, 2.45) is 5.10 Å². The van der Waals surface area contributed by atoms with E-state index in [9.17, 15) is 17.2 Å². The fourth-order valence-corrected chi connectivity index (χ4v) is 3.42. The summed E-state index contributed by atoms with van der Waals surface area (Å²) in [5.74, 6) is 0.0563. The van der Waals surface area contributed by atoms with E-state index in [2.05, 4.69) is 14.7 Å². The Bertz CT molecular complexity index is 1100. The molecule has 3 rings (SSSR count). The second-order valence-electron chi connectivity index (χ2n) is 6.16. The van der Waals surface area contributed by atoms with Crippen LogP contribution in [0.15, 0.2) is 82.8 Å². The second kappa shape index (κ2) is 8.83. The van der Waals surface area contributed by atoms with E-state index < -0.39 is 16.6 Å². The van der Waals surface area contributed by atoms with E-state index in [0.29, 0.717) is 5.56 Å². The van der Waals surface area contributed by atoms with E-state index in [-0.39, 0.29) is 10.6 Å². The van der Waals surface area contributed by atoms with Gasteiger partial charge in [-0.25, -0.2) is 4.83 Å². The first-order valence-electron chi connectivity index (χ1n) is 8.61. The van der Waals surface area contributed by atoms with Gasteiger partial charge in [0.1, 0.15) is 5.75 Å². The number of nitrogens with one attached hydrogen (secondary N) is 1. The molecule has 8 heteroatoms. The fourth-order valence-electron chi connectivity index (χ4n) is 2.62. The van der Waals surface area contributed by atoms with Crippen LogP contribution < -0.4 is 9.57 Å². The molecule has 0 fully saturated rings. The van der Waals surface area contributed by atoms with Crippen molar-refractivity contribution in [2.45, 2.75) is 18.4 Å². The molecule has 0 aromatic heterocycles. The van der Waals surface area contributed by atoms with Crippen molar-refractivity contribution >= 4 is 16.2 Å². The maximum absolute atomic E-state index is 12.3. The largest absolute Gasteiger partial charge is 0.435 e. The smallest absolute Gasteiger partial charge is 0.387 e. The van der Waals surface area contributed by atoms with Crippen LogP contribution in [0.4, 0.5) is 8.78 Å². The lowest BCUT2D eigenvalue weighted by Gasteiger charge is -2.08. The van der Waals surface area contributed by atoms with E-state index in [1.165, 1.54) is 30.5 Å². The van der Waals surface area contributed by atoms with E-state index >= 15 is 0 Å². The maximum Gasteiger partial charge on any atom is 0.387 e. The number of aryl methyl sites for hydroxylation is 1. The van der Waals surface area contributed by atoms with E-state index in [4.69, 9.17) is 0 Å². The van der Waals surface area contributed by atoms with Crippen LogP contribution in [0.5, 0.6) is 5.75 Å². The number of nitrogens with zero attached hydrogens (tertiary/aromatic N) is 1. The van der Waals surface area contributed by atoms with Gasteiger partial charge in [0.25, 0.3) is 10.0 Å². The van der Waals surface area contributed by atoms with Crippen molar-refractivity contribution in [2.75, 3.05) is 0 Å². The molecule has 0 saturated carbocycles. The van der Waals surface area contributed by atoms with Crippen LogP contribution in [0.25, 0.3) is 11.1 Å². The minimum Gasteiger partial charge on any atom is -0.435 e. The molecule has 29 heavy (non-hydrogen) atoms. The van der Waals surface area contributed by atoms with Crippen LogP contribution in [-0.2, 0) is 10.0 Å². The average Bonchev–Trinajstić information content (AvgIpc) is 2.69. The number of rotatable bonds is 7. The van der Waals surface area contributed by atoms with Crippen molar-refractivity contribution in [1.29, 1.82) is 0 Å². The Labute approximate surface area is 167 Å². The lowest BCUT2D eigenvalue weighted by Crippen LogP contribution is -2.18. The Kier molecular flexibility index (Phi) is 6.23. The number of benzene rings is 3. The zero-order valence-electron chi connectivity index (χ0n) is 15.4. The number of sulfonamides is 1. The Hall–Kier alpha value is -3.26. The molecule has 5 nitrogen and oxygen atoms in total. The number of ether oxygens (including phenoxy) is 1. The van der Waals surface area contributed by atoms with Crippen molar-refractivity contribution < 1.29 is 21.9 Å². The summed E-state index contributed by atoms with van der Waals surface area (Å²) in [6.07, 6.45) is 1.39. The first-order valence-corrected chi connectivity index (χ1v) is 10.1. The van der Waals surface area contributed by atoms with Gasteiger partial charge >= 0.3 is 6.61 Å². The average molecular weight is 416 g/mol. The van der Waals surface area contributed by atoms with Gasteiger partial charge in [0.2, 0.25) is 0 Å². The molecule has 0 unspecified atom stereocenters. The first kappa shape index (κ1) is 20.5. The van der Waals surface area contributed by atoms with Crippen LogP contribution in [-0.4, -0.2) is 21.2 Å². The highest BCUT2D eigenvalue weighted by Gasteiger charge is 2.12. The van der Waals surface area contributed by atoms with Gasteiger partial charge < -0.3 is 4.74 Å². The zero-order chi connectivity index (χ0) is 20.9. The third-order valence-corrected chi connectivity index (χ3v) is 5.30. The number of hydrogen-bond donors (Lipinski definition) is 1. The van der Waals surface area contributed by atoms with Crippen molar-refractivity contribution in [3.63, 3.8) is 0 Å². The Balaban J connectivity index is 1.79. The van der Waals surface area contributed by atoms with Crippen LogP contribution in [0.1, 0.15) is 11.1 Å². The van der Waals surface area contributed by atoms with Crippen LogP contribution in [0.3, 0.4) is 0 Å². The summed E-state index contributed by atoms with van der Waals surface area (Å²) < 4.78 is 53.6. The van der Waals surface area contributed by atoms with Gasteiger partial charge in [-0.05, 0) is 42.3 Å². The summed E-state index contributed by atoms with van der Waals surface area (Å²) in [7, 11) is -3.78. The first-order chi connectivity index (χ1) is 13.8. The summed E-state index contributed by atoms with van der Waals surface area (Å²) in [6.45, 7) is -1.02. The molecule has 0 bridgehead atoms. The predicted molar refractivity (Wildman–Crippen MR) is 108 cm³/mol. The van der Waals surface area contributed by atoms with Gasteiger partial charge in [0, 0.05) is 5.56 Å². The van der Waals surface area contributed by atoms with Crippen LogP contribution in [0, 0.1) is 6.92 Å². The van der Waals surface area contributed by atoms with Gasteiger partial charge in [0.15, 0.2) is 0 Å². The predicted octanol–water partition coefficient (Wildman–Crippen LogP) is 4.58. The van der Waals surface area contributed by atoms with Gasteiger partial charge in [-0.3, -0.25) is 0 Å². The molecular formula is C21H18F2N2O3S. The lowest BCUT2D eigenvalue weighted by atomic mass is 10.0. The minimum atomic E-state index is -3.78. The third-order valence-electron chi connectivity index (χ3n) is 4.06. The zero-order valence-corrected chi connectivity index (χ0v) is 16.2. The summed E-state index contributed by atoms with van der Waals surface area (Å²) in [6, 6.07) is 19.8. The molecule has 0 aliphatic rings. The van der Waals surface area contributed by atoms with Crippen LogP contribution >= 0.6 is 0 Å². The molecule has 0 atom stereocenters. The van der Waals surface area contributed by atoms with E-state index in [0.717, 1.165) is 16.7 Å². The number of alkyl halides is 2. The molecule has 3 aromatic rings. The number of hydrazone groups is 1. The second-order valence-corrected chi connectivity index (χ2v) is 7.82. The highest BCUT2D eigenvalue weighted by Crippen LogP contribution is 2.25. The molecule has 0 spiro atoms. The standard InChI is InChI=1S/C21H18F2N2O3S/c1-15-6-12-19(13-7-15)29(26,27)25-24-14-17-4-2-3-5-20(17)16-8-10-18(11-9-16)28-21(22)23/h2-14,21,25H,1H3. The molecular weight excluding hydrogens is 398 g/mol. The molecule has 0 saturated heterocycles. The fraction of sp³-hybridized carbons (Fsp3) is 0.0952. The summed E-state index contributed by atoms with van der Waals surface area (Å²) in [4.78, 5) is 2.30. The van der Waals surface area contributed by atoms with Crippen molar-refractivity contribution in [3.05, 3.63) is 83.9 Å². The summed E-state index contributed by atoms with van der Waals surface area (Å²) in [5.41, 5.74) is 3.11. The highest BCUT2D eigenvalue weighted by atomic mass is 32.2. The van der Waals surface area contributed by atoms with Gasteiger partial charge in [-0.1, -0.05) is 54.1 Å². The molecule has 0 heterocycles. The molecule has 1 N–H and O–H groups in total. The summed E-state index contributed by atoms with van der Waals surface area (Å²) in [5, 5.41) is 3.87. The minimum absolute atomic E-state index is 0.0563. The highest BCUT2D eigenvalue weighted by molar-refractivity contribution is 7.89. The molecule has 0 radical (unpaired) electrons. The van der Waals surface area contributed by atoms with Gasteiger partial charge in [-0.15, -0.1) is 0 Å². The molecule has 150 valence electrons. The third kappa shape index (κ3) is 5.39. The molecule has 0 aliphatic carbocycles. The quantitative estimate of drug-likeness (QED) is 0.453. The monoisotopic (exact) mass is 416 g/mol. The summed E-state index contributed by atoms with van der Waals surface area (Å²) >= 11 is 0. The Morgan fingerprint density at radius 3 is 2.28 bits per heavy atom. The normalized spacial score (nSPS) is 11.7.